The Hall–Kier alpha value is -2.77. The van der Waals surface area contributed by atoms with Gasteiger partial charge in [-0.25, -0.2) is 4.79 Å². The van der Waals surface area contributed by atoms with Crippen molar-refractivity contribution in [2.75, 3.05) is 25.5 Å². The number of ether oxygens (including phenoxy) is 2. The lowest BCUT2D eigenvalue weighted by atomic mass is 10.2. The smallest absolute Gasteiger partial charge is 0.407 e. The summed E-state index contributed by atoms with van der Waals surface area (Å²) in [6.45, 7) is 7.09. The Labute approximate surface area is 153 Å². The molecule has 1 aromatic carbocycles. The topological polar surface area (TPSA) is 106 Å². The summed E-state index contributed by atoms with van der Waals surface area (Å²) in [7, 11) is 1.51. The predicted molar refractivity (Wildman–Crippen MR) is 98.2 cm³/mol. The molecule has 0 heterocycles. The lowest BCUT2D eigenvalue weighted by molar-refractivity contribution is -0.124. The van der Waals surface area contributed by atoms with Crippen LogP contribution < -0.4 is 20.7 Å². The zero-order valence-corrected chi connectivity index (χ0v) is 15.9. The highest BCUT2D eigenvalue weighted by Crippen LogP contribution is 2.24. The highest BCUT2D eigenvalue weighted by atomic mass is 16.6. The van der Waals surface area contributed by atoms with E-state index in [-0.39, 0.29) is 31.3 Å². The number of nitrogens with one attached hydrogen (secondary N) is 3. The van der Waals surface area contributed by atoms with Crippen LogP contribution in [-0.2, 0) is 14.3 Å². The van der Waals surface area contributed by atoms with Crippen LogP contribution in [0.25, 0.3) is 0 Å². The van der Waals surface area contributed by atoms with Crippen molar-refractivity contribution in [3.05, 3.63) is 23.8 Å². The maximum Gasteiger partial charge on any atom is 0.407 e. The van der Waals surface area contributed by atoms with E-state index in [1.54, 1.807) is 32.9 Å². The van der Waals surface area contributed by atoms with E-state index in [1.807, 2.05) is 13.0 Å². The Morgan fingerprint density at radius 3 is 2.38 bits per heavy atom. The second-order valence-electron chi connectivity index (χ2n) is 6.71. The summed E-state index contributed by atoms with van der Waals surface area (Å²) >= 11 is 0. The molecular formula is C18H27N3O5. The maximum absolute atomic E-state index is 12.0. The van der Waals surface area contributed by atoms with E-state index in [9.17, 15) is 14.4 Å². The van der Waals surface area contributed by atoms with Crippen LogP contribution in [0.4, 0.5) is 10.5 Å². The number of anilines is 1. The van der Waals surface area contributed by atoms with Gasteiger partial charge < -0.3 is 25.4 Å². The molecule has 144 valence electrons. The van der Waals surface area contributed by atoms with Crippen molar-refractivity contribution >= 4 is 23.6 Å². The van der Waals surface area contributed by atoms with Crippen molar-refractivity contribution in [3.8, 4) is 5.75 Å². The molecule has 0 bridgehead atoms. The van der Waals surface area contributed by atoms with Crippen molar-refractivity contribution < 1.29 is 23.9 Å². The Morgan fingerprint density at radius 1 is 1.08 bits per heavy atom. The molecule has 1 rings (SSSR count). The largest absolute Gasteiger partial charge is 0.495 e. The molecule has 0 spiro atoms. The van der Waals surface area contributed by atoms with Crippen LogP contribution in [0.15, 0.2) is 18.2 Å². The van der Waals surface area contributed by atoms with Crippen LogP contribution >= 0.6 is 0 Å². The van der Waals surface area contributed by atoms with Gasteiger partial charge in [-0.2, -0.15) is 0 Å². The van der Waals surface area contributed by atoms with E-state index in [0.29, 0.717) is 11.4 Å². The molecule has 0 radical (unpaired) electrons. The van der Waals surface area contributed by atoms with Gasteiger partial charge in [0.05, 0.1) is 19.3 Å². The van der Waals surface area contributed by atoms with Crippen molar-refractivity contribution in [2.45, 2.75) is 39.7 Å². The number of aryl methyl sites for hydroxylation is 1. The quantitative estimate of drug-likeness (QED) is 0.685. The van der Waals surface area contributed by atoms with Gasteiger partial charge in [0, 0.05) is 13.0 Å². The number of hydrogen-bond donors (Lipinski definition) is 3. The van der Waals surface area contributed by atoms with Crippen LogP contribution in [0.3, 0.4) is 0 Å². The molecule has 3 N–H and O–H groups in total. The van der Waals surface area contributed by atoms with Gasteiger partial charge in [0.15, 0.2) is 0 Å². The SMILES string of the molecule is COc1ccc(C)cc1NC(=O)CNC(=O)CCNC(=O)OC(C)(C)C. The first kappa shape index (κ1) is 21.3. The maximum atomic E-state index is 12.0. The Bertz CT molecular complexity index is 653. The third-order valence-electron chi connectivity index (χ3n) is 3.10. The molecule has 3 amide bonds. The molecule has 0 fully saturated rings. The average molecular weight is 365 g/mol. The normalized spacial score (nSPS) is 10.7. The van der Waals surface area contributed by atoms with Crippen LogP contribution in [0.1, 0.15) is 32.8 Å². The van der Waals surface area contributed by atoms with Crippen molar-refractivity contribution in [3.63, 3.8) is 0 Å². The fraction of sp³-hybridized carbons (Fsp3) is 0.500. The summed E-state index contributed by atoms with van der Waals surface area (Å²) in [5, 5.41) is 7.66. The molecule has 0 saturated heterocycles. The molecule has 0 atom stereocenters. The minimum absolute atomic E-state index is 0.0420. The van der Waals surface area contributed by atoms with E-state index < -0.39 is 11.7 Å². The first-order valence-corrected chi connectivity index (χ1v) is 8.29. The lowest BCUT2D eigenvalue weighted by Gasteiger charge is -2.19. The van der Waals surface area contributed by atoms with Crippen molar-refractivity contribution in [1.82, 2.24) is 10.6 Å². The number of carbonyl (C=O) groups excluding carboxylic acids is 3. The van der Waals surface area contributed by atoms with Crippen LogP contribution in [0.5, 0.6) is 5.75 Å². The zero-order chi connectivity index (χ0) is 19.7. The van der Waals surface area contributed by atoms with Gasteiger partial charge >= 0.3 is 6.09 Å². The third-order valence-corrected chi connectivity index (χ3v) is 3.10. The van der Waals surface area contributed by atoms with E-state index in [2.05, 4.69) is 16.0 Å². The zero-order valence-electron chi connectivity index (χ0n) is 15.9. The van der Waals surface area contributed by atoms with Gasteiger partial charge in [-0.3, -0.25) is 9.59 Å². The number of carbonyl (C=O) groups is 3. The monoisotopic (exact) mass is 365 g/mol. The molecule has 8 heteroatoms. The number of amides is 3. The van der Waals surface area contributed by atoms with Crippen LogP contribution in [-0.4, -0.2) is 43.7 Å². The summed E-state index contributed by atoms with van der Waals surface area (Å²) in [5.41, 5.74) is 0.915. The standard InChI is InChI=1S/C18H27N3O5/c1-12-6-7-14(25-5)13(10-12)21-16(23)11-20-15(22)8-9-19-17(24)26-18(2,3)4/h6-7,10H,8-9,11H2,1-5H3,(H,19,24)(H,20,22)(H,21,23). The Morgan fingerprint density at radius 2 is 1.77 bits per heavy atom. The molecule has 0 aromatic heterocycles. The molecule has 8 nitrogen and oxygen atoms in total. The summed E-state index contributed by atoms with van der Waals surface area (Å²) in [4.78, 5) is 35.2. The molecule has 26 heavy (non-hydrogen) atoms. The molecule has 0 unspecified atom stereocenters. The molecule has 0 saturated carbocycles. The second kappa shape index (κ2) is 9.65. The van der Waals surface area contributed by atoms with Gasteiger partial charge in [0.1, 0.15) is 11.4 Å². The Balaban J connectivity index is 2.33. The van der Waals surface area contributed by atoms with Gasteiger partial charge in [-0.1, -0.05) is 6.07 Å². The van der Waals surface area contributed by atoms with E-state index >= 15 is 0 Å². The van der Waals surface area contributed by atoms with Gasteiger partial charge in [0.2, 0.25) is 11.8 Å². The summed E-state index contributed by atoms with van der Waals surface area (Å²) in [6.07, 6.45) is -0.546. The fourth-order valence-electron chi connectivity index (χ4n) is 1.97. The number of benzene rings is 1. The fourth-order valence-corrected chi connectivity index (χ4v) is 1.97. The highest BCUT2D eigenvalue weighted by molar-refractivity contribution is 5.95. The summed E-state index contributed by atoms with van der Waals surface area (Å²) < 4.78 is 10.2. The van der Waals surface area contributed by atoms with Crippen LogP contribution in [0, 0.1) is 6.92 Å². The number of alkyl carbamates (subject to hydrolysis) is 1. The first-order chi connectivity index (χ1) is 12.1. The molecule has 0 aliphatic heterocycles. The number of hydrogen-bond acceptors (Lipinski definition) is 5. The third kappa shape index (κ3) is 8.36. The average Bonchev–Trinajstić information content (AvgIpc) is 2.51. The Kier molecular flexibility index (Phi) is 7.89. The van der Waals surface area contributed by atoms with Gasteiger partial charge in [0.25, 0.3) is 0 Å². The number of rotatable bonds is 7. The molecule has 0 aliphatic rings. The van der Waals surface area contributed by atoms with E-state index in [4.69, 9.17) is 9.47 Å². The van der Waals surface area contributed by atoms with Gasteiger partial charge in [-0.05, 0) is 45.4 Å². The minimum Gasteiger partial charge on any atom is -0.495 e. The number of methoxy groups -OCH3 is 1. The van der Waals surface area contributed by atoms with Crippen molar-refractivity contribution in [2.24, 2.45) is 0 Å². The highest BCUT2D eigenvalue weighted by Gasteiger charge is 2.16. The second-order valence-corrected chi connectivity index (χ2v) is 6.71. The molecular weight excluding hydrogens is 338 g/mol. The van der Waals surface area contributed by atoms with Crippen molar-refractivity contribution in [1.29, 1.82) is 0 Å². The van der Waals surface area contributed by atoms with Crippen LogP contribution in [0.2, 0.25) is 0 Å². The molecule has 0 aliphatic carbocycles. The lowest BCUT2D eigenvalue weighted by Crippen LogP contribution is -2.37. The van der Waals surface area contributed by atoms with Gasteiger partial charge in [-0.15, -0.1) is 0 Å². The summed E-state index contributed by atoms with van der Waals surface area (Å²) in [5.74, 6) is -0.188. The van der Waals surface area contributed by atoms with E-state index in [1.165, 1.54) is 7.11 Å². The van der Waals surface area contributed by atoms with E-state index in [0.717, 1.165) is 5.56 Å². The molecule has 1 aromatic rings. The minimum atomic E-state index is -0.596. The summed E-state index contributed by atoms with van der Waals surface area (Å²) in [6, 6.07) is 5.41. The first-order valence-electron chi connectivity index (χ1n) is 8.29. The predicted octanol–water partition coefficient (Wildman–Crippen LogP) is 1.97.